The Bertz CT molecular complexity index is 448. The summed E-state index contributed by atoms with van der Waals surface area (Å²) < 4.78 is 10.4. The van der Waals surface area contributed by atoms with Crippen LogP contribution in [0.3, 0.4) is 0 Å². The number of furan rings is 1. The van der Waals surface area contributed by atoms with Crippen molar-refractivity contribution >= 4 is 5.97 Å². The van der Waals surface area contributed by atoms with Crippen LogP contribution in [0.2, 0.25) is 0 Å². The van der Waals surface area contributed by atoms with Gasteiger partial charge in [0.15, 0.2) is 6.10 Å². The molecule has 3 heteroatoms. The fraction of sp³-hybridized carbons (Fsp3) is 0.471. The molecule has 0 saturated heterocycles. The van der Waals surface area contributed by atoms with E-state index >= 15 is 0 Å². The van der Waals surface area contributed by atoms with Gasteiger partial charge in [0.1, 0.15) is 5.76 Å². The van der Waals surface area contributed by atoms with E-state index in [2.05, 4.69) is 18.4 Å². The molecule has 0 bridgehead atoms. The Morgan fingerprint density at radius 1 is 1.55 bits per heavy atom. The molecule has 0 saturated carbocycles. The van der Waals surface area contributed by atoms with Crippen LogP contribution in [0.1, 0.15) is 44.8 Å². The van der Waals surface area contributed by atoms with Crippen molar-refractivity contribution in [1.82, 2.24) is 0 Å². The van der Waals surface area contributed by atoms with Gasteiger partial charge in [-0.15, -0.1) is 6.58 Å². The summed E-state index contributed by atoms with van der Waals surface area (Å²) in [6, 6.07) is 3.89. The maximum absolute atomic E-state index is 11.0. The van der Waals surface area contributed by atoms with E-state index in [1.807, 2.05) is 18.2 Å². The van der Waals surface area contributed by atoms with Crippen LogP contribution in [0.15, 0.2) is 35.5 Å². The van der Waals surface area contributed by atoms with E-state index in [9.17, 15) is 4.79 Å². The fourth-order valence-corrected chi connectivity index (χ4v) is 1.78. The molecule has 0 N–H and O–H groups in total. The van der Waals surface area contributed by atoms with Crippen LogP contribution in [-0.2, 0) is 16.0 Å². The molecule has 1 unspecified atom stereocenters. The molecule has 0 fully saturated rings. The van der Waals surface area contributed by atoms with Gasteiger partial charge in [-0.05, 0) is 37.8 Å². The number of esters is 1. The zero-order chi connectivity index (χ0) is 14.6. The Hall–Kier alpha value is -1.95. The summed E-state index contributed by atoms with van der Waals surface area (Å²) >= 11 is 0. The lowest BCUT2D eigenvalue weighted by Gasteiger charge is -2.09. The Labute approximate surface area is 121 Å². The van der Waals surface area contributed by atoms with Crippen LogP contribution in [-0.4, -0.2) is 12.1 Å². The maximum Gasteiger partial charge on any atom is 0.303 e. The van der Waals surface area contributed by atoms with Crippen LogP contribution in [0, 0.1) is 11.8 Å². The number of aryl methyl sites for hydroxylation is 1. The third-order valence-corrected chi connectivity index (χ3v) is 2.76. The van der Waals surface area contributed by atoms with Crippen molar-refractivity contribution in [3.8, 4) is 11.8 Å². The summed E-state index contributed by atoms with van der Waals surface area (Å²) in [5.74, 6) is 6.83. The van der Waals surface area contributed by atoms with Crippen molar-refractivity contribution in [3.05, 3.63) is 36.8 Å². The van der Waals surface area contributed by atoms with Crippen molar-refractivity contribution in [1.29, 1.82) is 0 Å². The Kier molecular flexibility index (Phi) is 7.98. The molecule has 1 aromatic heterocycles. The average molecular weight is 274 g/mol. The van der Waals surface area contributed by atoms with Crippen LogP contribution < -0.4 is 0 Å². The highest BCUT2D eigenvalue weighted by atomic mass is 16.5. The van der Waals surface area contributed by atoms with Crippen LogP contribution >= 0.6 is 0 Å². The number of unbranched alkanes of at least 4 members (excludes halogenated alkanes) is 2. The normalized spacial score (nSPS) is 11.2. The maximum atomic E-state index is 11.0. The average Bonchev–Trinajstić information content (AvgIpc) is 2.92. The summed E-state index contributed by atoms with van der Waals surface area (Å²) in [6.45, 7) is 5.07. The molecule has 0 aliphatic heterocycles. The third kappa shape index (κ3) is 7.48. The van der Waals surface area contributed by atoms with Gasteiger partial charge in [-0.25, -0.2) is 0 Å². The second-order valence-electron chi connectivity index (χ2n) is 4.57. The van der Waals surface area contributed by atoms with Gasteiger partial charge in [-0.2, -0.15) is 0 Å². The minimum atomic E-state index is -0.310. The molecule has 20 heavy (non-hydrogen) atoms. The summed E-state index contributed by atoms with van der Waals surface area (Å²) in [5, 5.41) is 0. The van der Waals surface area contributed by atoms with Gasteiger partial charge in [0, 0.05) is 19.8 Å². The molecule has 0 aliphatic rings. The Balaban J connectivity index is 2.22. The highest BCUT2D eigenvalue weighted by molar-refractivity contribution is 5.66. The van der Waals surface area contributed by atoms with Gasteiger partial charge < -0.3 is 9.15 Å². The molecule has 0 spiro atoms. The largest absolute Gasteiger partial charge is 0.469 e. The van der Waals surface area contributed by atoms with E-state index in [1.54, 1.807) is 6.26 Å². The van der Waals surface area contributed by atoms with E-state index in [0.29, 0.717) is 6.42 Å². The van der Waals surface area contributed by atoms with Gasteiger partial charge in [0.2, 0.25) is 0 Å². The van der Waals surface area contributed by atoms with E-state index in [4.69, 9.17) is 9.15 Å². The van der Waals surface area contributed by atoms with Crippen molar-refractivity contribution < 1.29 is 13.9 Å². The third-order valence-electron chi connectivity index (χ3n) is 2.76. The van der Waals surface area contributed by atoms with E-state index < -0.39 is 0 Å². The number of hydrogen-bond donors (Lipinski definition) is 0. The fourth-order valence-electron chi connectivity index (χ4n) is 1.78. The predicted octanol–water partition coefficient (Wildman–Crippen LogP) is 3.89. The summed E-state index contributed by atoms with van der Waals surface area (Å²) in [4.78, 5) is 11.0. The van der Waals surface area contributed by atoms with Crippen LogP contribution in [0.5, 0.6) is 0 Å². The molecular formula is C17H22O3. The first-order chi connectivity index (χ1) is 9.72. The highest BCUT2D eigenvalue weighted by Crippen LogP contribution is 2.07. The zero-order valence-corrected chi connectivity index (χ0v) is 12.1. The Morgan fingerprint density at radius 2 is 2.40 bits per heavy atom. The van der Waals surface area contributed by atoms with Gasteiger partial charge in [0.25, 0.3) is 0 Å². The van der Waals surface area contributed by atoms with Gasteiger partial charge in [0.05, 0.1) is 6.26 Å². The molecular weight excluding hydrogens is 252 g/mol. The van der Waals surface area contributed by atoms with E-state index in [1.165, 1.54) is 6.92 Å². The molecule has 108 valence electrons. The van der Waals surface area contributed by atoms with Crippen LogP contribution in [0.4, 0.5) is 0 Å². The second kappa shape index (κ2) is 9.91. The molecule has 3 nitrogen and oxygen atoms in total. The molecule has 0 amide bonds. The zero-order valence-electron chi connectivity index (χ0n) is 12.1. The van der Waals surface area contributed by atoms with Gasteiger partial charge in [-0.3, -0.25) is 4.79 Å². The van der Waals surface area contributed by atoms with E-state index in [0.717, 1.165) is 37.9 Å². The number of allylic oxidation sites excluding steroid dienone is 1. The summed E-state index contributed by atoms with van der Waals surface area (Å²) in [6.07, 6.45) is 8.52. The Morgan fingerprint density at radius 3 is 3.05 bits per heavy atom. The quantitative estimate of drug-likeness (QED) is 0.312. The topological polar surface area (TPSA) is 39.4 Å². The molecule has 0 aromatic carbocycles. The van der Waals surface area contributed by atoms with Crippen molar-refractivity contribution in [2.24, 2.45) is 0 Å². The number of carbonyl (C=O) groups is 1. The number of rotatable bonds is 8. The molecule has 1 heterocycles. The van der Waals surface area contributed by atoms with Crippen LogP contribution in [0.25, 0.3) is 0 Å². The number of carbonyl (C=O) groups excluding carboxylic acids is 1. The standard InChI is InChI=1S/C17H22O3/c1-3-4-10-17(20-15(2)18)12-8-6-5-7-11-16-13-9-14-19-16/h3,9,13-14,17H,1,4-7,10-11H2,2H3. The summed E-state index contributed by atoms with van der Waals surface area (Å²) in [5.41, 5.74) is 0. The lowest BCUT2D eigenvalue weighted by molar-refractivity contribution is -0.143. The molecule has 1 rings (SSSR count). The predicted molar refractivity (Wildman–Crippen MR) is 79.0 cm³/mol. The minimum Gasteiger partial charge on any atom is -0.469 e. The van der Waals surface area contributed by atoms with Crippen molar-refractivity contribution in [2.45, 2.75) is 51.6 Å². The number of hydrogen-bond acceptors (Lipinski definition) is 3. The monoisotopic (exact) mass is 274 g/mol. The van der Waals surface area contributed by atoms with Crippen molar-refractivity contribution in [2.75, 3.05) is 0 Å². The first-order valence-electron chi connectivity index (χ1n) is 7.01. The van der Waals surface area contributed by atoms with Gasteiger partial charge in [-0.1, -0.05) is 17.9 Å². The van der Waals surface area contributed by atoms with Gasteiger partial charge >= 0.3 is 5.97 Å². The first-order valence-corrected chi connectivity index (χ1v) is 7.01. The minimum absolute atomic E-state index is 0.286. The molecule has 1 aromatic rings. The molecule has 0 radical (unpaired) electrons. The smallest absolute Gasteiger partial charge is 0.303 e. The first kappa shape index (κ1) is 16.1. The summed E-state index contributed by atoms with van der Waals surface area (Å²) in [7, 11) is 0. The van der Waals surface area contributed by atoms with Crippen molar-refractivity contribution in [3.63, 3.8) is 0 Å². The van der Waals surface area contributed by atoms with E-state index in [-0.39, 0.29) is 12.1 Å². The molecule has 1 atom stereocenters. The lowest BCUT2D eigenvalue weighted by Crippen LogP contribution is -2.13. The SMILES string of the molecule is C=CCCC(C#CCCCCc1ccco1)OC(C)=O. The highest BCUT2D eigenvalue weighted by Gasteiger charge is 2.06. The number of ether oxygens (including phenoxy) is 1. The second-order valence-corrected chi connectivity index (χ2v) is 4.57. The lowest BCUT2D eigenvalue weighted by atomic mass is 10.1. The molecule has 0 aliphatic carbocycles.